The van der Waals surface area contributed by atoms with Gasteiger partial charge in [0.2, 0.25) is 0 Å². The number of rotatable bonds is 4. The van der Waals surface area contributed by atoms with Crippen LogP contribution in [0.3, 0.4) is 0 Å². The van der Waals surface area contributed by atoms with Crippen molar-refractivity contribution < 1.29 is 14.3 Å². The first kappa shape index (κ1) is 13.2. The lowest BCUT2D eigenvalue weighted by Gasteiger charge is -2.21. The molecular weight excluding hydrogens is 245 g/mol. The van der Waals surface area contributed by atoms with Gasteiger partial charge < -0.3 is 10.8 Å². The van der Waals surface area contributed by atoms with Crippen molar-refractivity contribution in [3.05, 3.63) is 71.5 Å². The molecule has 2 rings (SSSR count). The average Bonchev–Trinajstić information content (AvgIpc) is 2.42. The molecule has 0 radical (unpaired) electrons. The van der Waals surface area contributed by atoms with Crippen molar-refractivity contribution in [2.75, 3.05) is 0 Å². The van der Waals surface area contributed by atoms with Gasteiger partial charge in [-0.25, -0.2) is 4.39 Å². The maximum absolute atomic E-state index is 13.0. The van der Waals surface area contributed by atoms with Crippen molar-refractivity contribution in [2.24, 2.45) is 5.73 Å². The predicted octanol–water partition coefficient (Wildman–Crippen LogP) is 2.37. The highest BCUT2D eigenvalue weighted by Gasteiger charge is 2.27. The first-order valence-electron chi connectivity index (χ1n) is 5.88. The van der Waals surface area contributed by atoms with E-state index in [2.05, 4.69) is 0 Å². The Hall–Kier alpha value is -2.20. The van der Waals surface area contributed by atoms with E-state index in [1.165, 1.54) is 12.1 Å². The summed E-state index contributed by atoms with van der Waals surface area (Å²) in [5.41, 5.74) is 7.25. The number of benzene rings is 2. The number of hydrogen-bond acceptors (Lipinski definition) is 2. The second-order valence-corrected chi connectivity index (χ2v) is 4.30. The zero-order valence-electron chi connectivity index (χ0n) is 10.2. The van der Waals surface area contributed by atoms with Crippen LogP contribution in [0.4, 0.5) is 4.39 Å². The van der Waals surface area contributed by atoms with Crippen LogP contribution >= 0.6 is 0 Å². The predicted molar refractivity (Wildman–Crippen MR) is 70.3 cm³/mol. The van der Waals surface area contributed by atoms with Crippen LogP contribution in [-0.2, 0) is 4.79 Å². The fraction of sp³-hybridized carbons (Fsp3) is 0.133. The Labute approximate surface area is 110 Å². The smallest absolute Gasteiger partial charge is 0.321 e. The number of carboxylic acids is 1. The molecule has 2 aromatic carbocycles. The Kier molecular flexibility index (Phi) is 3.92. The molecule has 0 amide bonds. The number of carboxylic acid groups (broad SMARTS) is 1. The minimum absolute atomic E-state index is 0.362. The number of halogens is 1. The van der Waals surface area contributed by atoms with Gasteiger partial charge in [-0.2, -0.15) is 0 Å². The molecular formula is C15H14FNO2. The SMILES string of the molecule is NC(C(=O)O)C(c1ccccc1)c1ccc(F)cc1. The highest BCUT2D eigenvalue weighted by atomic mass is 19.1. The summed E-state index contributed by atoms with van der Waals surface area (Å²) >= 11 is 0. The summed E-state index contributed by atoms with van der Waals surface area (Å²) in [5.74, 6) is -1.95. The molecule has 0 bridgehead atoms. The summed E-state index contributed by atoms with van der Waals surface area (Å²) < 4.78 is 13.0. The molecule has 2 unspecified atom stereocenters. The van der Waals surface area contributed by atoms with E-state index in [4.69, 9.17) is 10.8 Å². The Morgan fingerprint density at radius 3 is 2.05 bits per heavy atom. The van der Waals surface area contributed by atoms with Crippen LogP contribution in [0.1, 0.15) is 17.0 Å². The standard InChI is InChI=1S/C15H14FNO2/c16-12-8-6-11(7-9-12)13(14(17)15(18)19)10-4-2-1-3-5-10/h1-9,13-14H,17H2,(H,18,19). The van der Waals surface area contributed by atoms with Gasteiger partial charge in [0.25, 0.3) is 0 Å². The van der Waals surface area contributed by atoms with E-state index in [1.54, 1.807) is 12.1 Å². The van der Waals surface area contributed by atoms with Gasteiger partial charge >= 0.3 is 5.97 Å². The van der Waals surface area contributed by atoms with Crippen molar-refractivity contribution in [1.82, 2.24) is 0 Å². The zero-order chi connectivity index (χ0) is 13.8. The maximum Gasteiger partial charge on any atom is 0.321 e. The lowest BCUT2D eigenvalue weighted by atomic mass is 9.85. The van der Waals surface area contributed by atoms with Gasteiger partial charge in [-0.15, -0.1) is 0 Å². The molecule has 0 saturated carbocycles. The summed E-state index contributed by atoms with van der Waals surface area (Å²) in [6, 6.07) is 13.8. The zero-order valence-corrected chi connectivity index (χ0v) is 10.2. The van der Waals surface area contributed by atoms with E-state index in [1.807, 2.05) is 30.3 Å². The molecule has 0 aliphatic carbocycles. The first-order valence-corrected chi connectivity index (χ1v) is 5.88. The molecule has 0 fully saturated rings. The average molecular weight is 259 g/mol. The Bertz CT molecular complexity index is 554. The van der Waals surface area contributed by atoms with Crippen LogP contribution in [-0.4, -0.2) is 17.1 Å². The molecule has 4 heteroatoms. The van der Waals surface area contributed by atoms with E-state index >= 15 is 0 Å². The molecule has 19 heavy (non-hydrogen) atoms. The monoisotopic (exact) mass is 259 g/mol. The van der Waals surface area contributed by atoms with Gasteiger partial charge in [-0.3, -0.25) is 4.79 Å². The van der Waals surface area contributed by atoms with Gasteiger partial charge in [0.15, 0.2) is 0 Å². The van der Waals surface area contributed by atoms with Gasteiger partial charge in [0.1, 0.15) is 11.9 Å². The topological polar surface area (TPSA) is 63.3 Å². The van der Waals surface area contributed by atoms with Crippen LogP contribution in [0.25, 0.3) is 0 Å². The van der Waals surface area contributed by atoms with E-state index in [0.29, 0.717) is 5.56 Å². The first-order chi connectivity index (χ1) is 9.09. The third-order valence-electron chi connectivity index (χ3n) is 3.03. The Morgan fingerprint density at radius 1 is 1.00 bits per heavy atom. The molecule has 3 nitrogen and oxygen atoms in total. The van der Waals surface area contributed by atoms with Crippen LogP contribution in [0.2, 0.25) is 0 Å². The lowest BCUT2D eigenvalue weighted by Crippen LogP contribution is -2.37. The van der Waals surface area contributed by atoms with Gasteiger partial charge in [-0.05, 0) is 23.3 Å². The number of hydrogen-bond donors (Lipinski definition) is 2. The van der Waals surface area contributed by atoms with E-state index in [-0.39, 0.29) is 5.82 Å². The molecule has 0 spiro atoms. The molecule has 0 heterocycles. The van der Waals surface area contributed by atoms with Crippen LogP contribution in [0.15, 0.2) is 54.6 Å². The molecule has 98 valence electrons. The minimum atomic E-state index is -1.09. The largest absolute Gasteiger partial charge is 0.480 e. The summed E-state index contributed by atoms with van der Waals surface area (Å²) in [7, 11) is 0. The molecule has 0 aliphatic rings. The maximum atomic E-state index is 13.0. The quantitative estimate of drug-likeness (QED) is 0.886. The number of carbonyl (C=O) groups is 1. The van der Waals surface area contributed by atoms with Crippen LogP contribution in [0, 0.1) is 5.82 Å². The van der Waals surface area contributed by atoms with E-state index in [9.17, 15) is 9.18 Å². The van der Waals surface area contributed by atoms with Crippen LogP contribution < -0.4 is 5.73 Å². The molecule has 0 saturated heterocycles. The van der Waals surface area contributed by atoms with Gasteiger partial charge in [0.05, 0.1) is 0 Å². The number of aliphatic carboxylic acids is 1. The molecule has 2 aromatic rings. The van der Waals surface area contributed by atoms with Crippen molar-refractivity contribution >= 4 is 5.97 Å². The number of nitrogens with two attached hydrogens (primary N) is 1. The lowest BCUT2D eigenvalue weighted by molar-refractivity contribution is -0.138. The van der Waals surface area contributed by atoms with Gasteiger partial charge in [-0.1, -0.05) is 42.5 Å². The molecule has 0 aliphatic heterocycles. The third-order valence-corrected chi connectivity index (χ3v) is 3.03. The van der Waals surface area contributed by atoms with Crippen molar-refractivity contribution in [1.29, 1.82) is 0 Å². The summed E-state index contributed by atoms with van der Waals surface area (Å²) in [4.78, 5) is 11.2. The highest BCUT2D eigenvalue weighted by molar-refractivity contribution is 5.75. The highest BCUT2D eigenvalue weighted by Crippen LogP contribution is 2.27. The van der Waals surface area contributed by atoms with Crippen molar-refractivity contribution in [3.63, 3.8) is 0 Å². The van der Waals surface area contributed by atoms with E-state index < -0.39 is 17.9 Å². The molecule has 0 aromatic heterocycles. The fourth-order valence-corrected chi connectivity index (χ4v) is 2.08. The molecule has 3 N–H and O–H groups in total. The van der Waals surface area contributed by atoms with E-state index in [0.717, 1.165) is 5.56 Å². The normalized spacial score (nSPS) is 13.8. The molecule has 2 atom stereocenters. The summed E-state index contributed by atoms with van der Waals surface area (Å²) in [6.07, 6.45) is 0. The fourth-order valence-electron chi connectivity index (χ4n) is 2.08. The Balaban J connectivity index is 2.45. The summed E-state index contributed by atoms with van der Waals surface area (Å²) in [5, 5.41) is 9.13. The Morgan fingerprint density at radius 2 is 1.53 bits per heavy atom. The second-order valence-electron chi connectivity index (χ2n) is 4.30. The van der Waals surface area contributed by atoms with Crippen molar-refractivity contribution in [3.8, 4) is 0 Å². The minimum Gasteiger partial charge on any atom is -0.480 e. The summed E-state index contributed by atoms with van der Waals surface area (Å²) in [6.45, 7) is 0. The van der Waals surface area contributed by atoms with Crippen LogP contribution in [0.5, 0.6) is 0 Å². The second kappa shape index (κ2) is 5.63. The van der Waals surface area contributed by atoms with Crippen molar-refractivity contribution in [2.45, 2.75) is 12.0 Å². The third kappa shape index (κ3) is 2.98. The van der Waals surface area contributed by atoms with Gasteiger partial charge in [0, 0.05) is 5.92 Å².